The molecule has 0 aliphatic heterocycles. The molecule has 0 unspecified atom stereocenters. The van der Waals surface area contributed by atoms with Gasteiger partial charge in [0.25, 0.3) is 5.91 Å². The maximum Gasteiger partial charge on any atom is 0.277 e. The molecule has 19 heavy (non-hydrogen) atoms. The molecule has 0 aliphatic rings. The lowest BCUT2D eigenvalue weighted by molar-refractivity contribution is 0.101. The number of aromatic nitrogens is 2. The lowest BCUT2D eigenvalue weighted by atomic mass is 10.2. The minimum absolute atomic E-state index is 0.255. The van der Waals surface area contributed by atoms with Crippen LogP contribution in [0, 0.1) is 6.92 Å². The summed E-state index contributed by atoms with van der Waals surface area (Å²) < 4.78 is 4.88. The lowest BCUT2D eigenvalue weighted by Crippen LogP contribution is -2.12. The topological polar surface area (TPSA) is 68.0 Å². The Morgan fingerprint density at radius 2 is 2.11 bits per heavy atom. The molecule has 1 N–H and O–H groups in total. The lowest BCUT2D eigenvalue weighted by Gasteiger charge is -2.05. The Labute approximate surface area is 109 Å². The standard InChI is InChI=1S/C14H11N3O2/c1-9-8-12(17-19-9)14(18)16-11-6-2-4-10-5-3-7-15-13(10)11/h2-8H,1H3,(H,16,18). The molecule has 0 aliphatic carbocycles. The van der Waals surface area contributed by atoms with Crippen LogP contribution in [-0.2, 0) is 0 Å². The van der Waals surface area contributed by atoms with E-state index in [0.29, 0.717) is 11.4 Å². The zero-order valence-corrected chi connectivity index (χ0v) is 10.3. The number of para-hydroxylation sites is 1. The van der Waals surface area contributed by atoms with E-state index in [1.165, 1.54) is 0 Å². The van der Waals surface area contributed by atoms with Gasteiger partial charge in [0, 0.05) is 17.6 Å². The van der Waals surface area contributed by atoms with Crippen molar-refractivity contribution in [3.8, 4) is 0 Å². The van der Waals surface area contributed by atoms with Crippen LogP contribution in [0.15, 0.2) is 47.1 Å². The minimum Gasteiger partial charge on any atom is -0.361 e. The maximum absolute atomic E-state index is 12.0. The first kappa shape index (κ1) is 11.4. The van der Waals surface area contributed by atoms with Gasteiger partial charge in [-0.1, -0.05) is 23.4 Å². The summed E-state index contributed by atoms with van der Waals surface area (Å²) in [6, 6.07) is 11.0. The summed E-state index contributed by atoms with van der Waals surface area (Å²) in [5.74, 6) is 0.288. The highest BCUT2D eigenvalue weighted by Crippen LogP contribution is 2.21. The summed E-state index contributed by atoms with van der Waals surface area (Å²) in [5, 5.41) is 7.44. The number of aryl methyl sites for hydroxylation is 1. The van der Waals surface area contributed by atoms with Crippen LogP contribution < -0.4 is 5.32 Å². The molecule has 0 bridgehead atoms. The fourth-order valence-corrected chi connectivity index (χ4v) is 1.86. The Balaban J connectivity index is 1.95. The van der Waals surface area contributed by atoms with Crippen molar-refractivity contribution in [3.63, 3.8) is 0 Å². The number of anilines is 1. The largest absolute Gasteiger partial charge is 0.361 e. The summed E-state index contributed by atoms with van der Waals surface area (Å²) in [7, 11) is 0. The van der Waals surface area contributed by atoms with Crippen molar-refractivity contribution < 1.29 is 9.32 Å². The van der Waals surface area contributed by atoms with Gasteiger partial charge in [-0.05, 0) is 19.1 Å². The molecule has 1 aromatic carbocycles. The number of hydrogen-bond acceptors (Lipinski definition) is 4. The van der Waals surface area contributed by atoms with Gasteiger partial charge in [0.1, 0.15) is 5.76 Å². The molecule has 0 atom stereocenters. The van der Waals surface area contributed by atoms with Crippen molar-refractivity contribution in [2.75, 3.05) is 5.32 Å². The Hall–Kier alpha value is -2.69. The van der Waals surface area contributed by atoms with E-state index in [1.807, 2.05) is 24.3 Å². The fourth-order valence-electron chi connectivity index (χ4n) is 1.86. The predicted octanol–water partition coefficient (Wildman–Crippen LogP) is 2.78. The van der Waals surface area contributed by atoms with Gasteiger partial charge >= 0.3 is 0 Å². The highest BCUT2D eigenvalue weighted by molar-refractivity contribution is 6.07. The highest BCUT2D eigenvalue weighted by atomic mass is 16.5. The first-order valence-corrected chi connectivity index (χ1v) is 5.82. The number of benzene rings is 1. The Morgan fingerprint density at radius 1 is 1.26 bits per heavy atom. The molecule has 0 radical (unpaired) electrons. The van der Waals surface area contributed by atoms with Crippen molar-refractivity contribution in [3.05, 3.63) is 54.0 Å². The van der Waals surface area contributed by atoms with Crippen LogP contribution in [0.5, 0.6) is 0 Å². The third-order valence-corrected chi connectivity index (χ3v) is 2.74. The van der Waals surface area contributed by atoms with E-state index in [-0.39, 0.29) is 11.6 Å². The Kier molecular flexibility index (Phi) is 2.72. The van der Waals surface area contributed by atoms with Crippen molar-refractivity contribution in [2.45, 2.75) is 6.92 Å². The van der Waals surface area contributed by atoms with Gasteiger partial charge in [-0.3, -0.25) is 9.78 Å². The molecule has 3 aromatic rings. The quantitative estimate of drug-likeness (QED) is 0.762. The molecule has 0 saturated carbocycles. The third kappa shape index (κ3) is 2.18. The molecule has 2 heterocycles. The van der Waals surface area contributed by atoms with Crippen LogP contribution >= 0.6 is 0 Å². The molecule has 0 saturated heterocycles. The fraction of sp³-hybridized carbons (Fsp3) is 0.0714. The van der Waals surface area contributed by atoms with E-state index in [9.17, 15) is 4.79 Å². The molecule has 3 rings (SSSR count). The number of amides is 1. The minimum atomic E-state index is -0.310. The van der Waals surface area contributed by atoms with Crippen LogP contribution in [0.4, 0.5) is 5.69 Å². The monoisotopic (exact) mass is 253 g/mol. The number of nitrogens with zero attached hydrogens (tertiary/aromatic N) is 2. The molecule has 2 aromatic heterocycles. The number of carbonyl (C=O) groups excluding carboxylic acids is 1. The van der Waals surface area contributed by atoms with Crippen molar-refractivity contribution in [1.82, 2.24) is 10.1 Å². The van der Waals surface area contributed by atoms with Crippen LogP contribution in [0.2, 0.25) is 0 Å². The summed E-state index contributed by atoms with van der Waals surface area (Å²) in [4.78, 5) is 16.3. The van der Waals surface area contributed by atoms with E-state index < -0.39 is 0 Å². The Morgan fingerprint density at radius 3 is 2.89 bits per heavy atom. The van der Waals surface area contributed by atoms with Crippen LogP contribution in [-0.4, -0.2) is 16.0 Å². The van der Waals surface area contributed by atoms with Crippen LogP contribution in [0.1, 0.15) is 16.2 Å². The summed E-state index contributed by atoms with van der Waals surface area (Å²) in [6.45, 7) is 1.74. The van der Waals surface area contributed by atoms with E-state index in [1.54, 1.807) is 25.3 Å². The number of fused-ring (bicyclic) bond motifs is 1. The van der Waals surface area contributed by atoms with Crippen molar-refractivity contribution in [2.24, 2.45) is 0 Å². The van der Waals surface area contributed by atoms with Crippen molar-refractivity contribution >= 4 is 22.5 Å². The number of pyridine rings is 1. The normalized spacial score (nSPS) is 10.6. The smallest absolute Gasteiger partial charge is 0.277 e. The van der Waals surface area contributed by atoms with Crippen LogP contribution in [0.25, 0.3) is 10.9 Å². The number of hydrogen-bond donors (Lipinski definition) is 1. The van der Waals surface area contributed by atoms with Gasteiger partial charge in [0.05, 0.1) is 11.2 Å². The molecule has 0 fully saturated rings. The predicted molar refractivity (Wildman–Crippen MR) is 70.9 cm³/mol. The van der Waals surface area contributed by atoms with Crippen molar-refractivity contribution in [1.29, 1.82) is 0 Å². The van der Waals surface area contributed by atoms with E-state index in [4.69, 9.17) is 4.52 Å². The molecule has 5 nitrogen and oxygen atoms in total. The maximum atomic E-state index is 12.0. The molecule has 5 heteroatoms. The molecular formula is C14H11N3O2. The summed E-state index contributed by atoms with van der Waals surface area (Å²) in [5.41, 5.74) is 1.66. The van der Waals surface area contributed by atoms with Gasteiger partial charge in [0.2, 0.25) is 0 Å². The number of nitrogens with one attached hydrogen (secondary N) is 1. The first-order chi connectivity index (χ1) is 9.24. The first-order valence-electron chi connectivity index (χ1n) is 5.82. The molecule has 94 valence electrons. The molecule has 1 amide bonds. The van der Waals surface area contributed by atoms with Gasteiger partial charge in [-0.25, -0.2) is 0 Å². The number of carbonyl (C=O) groups is 1. The van der Waals surface area contributed by atoms with Gasteiger partial charge in [-0.15, -0.1) is 0 Å². The highest BCUT2D eigenvalue weighted by Gasteiger charge is 2.12. The SMILES string of the molecule is Cc1cc(C(=O)Nc2cccc3cccnc23)no1. The zero-order valence-electron chi connectivity index (χ0n) is 10.3. The van der Waals surface area contributed by atoms with Gasteiger partial charge < -0.3 is 9.84 Å². The molecule has 0 spiro atoms. The Bertz CT molecular complexity index is 744. The zero-order chi connectivity index (χ0) is 13.2. The average molecular weight is 253 g/mol. The second-order valence-corrected chi connectivity index (χ2v) is 4.16. The number of rotatable bonds is 2. The average Bonchev–Trinajstić information content (AvgIpc) is 2.86. The van der Waals surface area contributed by atoms with Gasteiger partial charge in [0.15, 0.2) is 5.69 Å². The second-order valence-electron chi connectivity index (χ2n) is 4.16. The second kappa shape index (κ2) is 4.53. The van der Waals surface area contributed by atoms with E-state index in [2.05, 4.69) is 15.5 Å². The summed E-state index contributed by atoms with van der Waals surface area (Å²) >= 11 is 0. The third-order valence-electron chi connectivity index (χ3n) is 2.74. The molecular weight excluding hydrogens is 242 g/mol. The summed E-state index contributed by atoms with van der Waals surface area (Å²) in [6.07, 6.45) is 1.69. The van der Waals surface area contributed by atoms with Crippen LogP contribution in [0.3, 0.4) is 0 Å². The van der Waals surface area contributed by atoms with Gasteiger partial charge in [-0.2, -0.15) is 0 Å². The van der Waals surface area contributed by atoms with E-state index >= 15 is 0 Å². The van der Waals surface area contributed by atoms with E-state index in [0.717, 1.165) is 10.9 Å².